The van der Waals surface area contributed by atoms with Gasteiger partial charge in [0.15, 0.2) is 11.7 Å². The third-order valence-electron chi connectivity index (χ3n) is 5.70. The van der Waals surface area contributed by atoms with Crippen LogP contribution in [0.25, 0.3) is 11.3 Å². The summed E-state index contributed by atoms with van der Waals surface area (Å²) in [5, 5.41) is 4.31. The summed E-state index contributed by atoms with van der Waals surface area (Å²) in [7, 11) is 0. The van der Waals surface area contributed by atoms with Crippen molar-refractivity contribution in [3.8, 4) is 11.3 Å². The van der Waals surface area contributed by atoms with Crippen LogP contribution in [0.3, 0.4) is 0 Å². The highest BCUT2D eigenvalue weighted by Gasteiger charge is 2.21. The molecule has 3 heterocycles. The average Bonchev–Trinajstić information content (AvgIpc) is 3.45. The van der Waals surface area contributed by atoms with Crippen molar-refractivity contribution in [3.63, 3.8) is 0 Å². The average molecular weight is 438 g/mol. The Bertz CT molecular complexity index is 955. The number of nitrogens with zero attached hydrogens (tertiary/aromatic N) is 3. The molecule has 1 aliphatic rings. The van der Waals surface area contributed by atoms with E-state index in [0.29, 0.717) is 24.7 Å². The van der Waals surface area contributed by atoms with Gasteiger partial charge in [-0.2, -0.15) is 11.3 Å². The molecule has 0 bridgehead atoms. The summed E-state index contributed by atoms with van der Waals surface area (Å²) in [6, 6.07) is 10.6. The van der Waals surface area contributed by atoms with E-state index in [2.05, 4.69) is 64.8 Å². The van der Waals surface area contributed by atoms with Gasteiger partial charge in [-0.1, -0.05) is 38.1 Å². The Balaban J connectivity index is 1.23. The van der Waals surface area contributed by atoms with Crippen LogP contribution < -0.4 is 0 Å². The molecule has 1 fully saturated rings. The van der Waals surface area contributed by atoms with Crippen LogP contribution in [0.15, 0.2) is 51.7 Å². The molecule has 1 amide bonds. The Morgan fingerprint density at radius 1 is 1.10 bits per heavy atom. The van der Waals surface area contributed by atoms with Gasteiger partial charge in [-0.05, 0) is 40.3 Å². The number of hydrogen-bond donors (Lipinski definition) is 0. The molecular formula is C25H31N3O2S. The molecule has 2 aromatic heterocycles. The number of aryl methyl sites for hydroxylation is 1. The summed E-state index contributed by atoms with van der Waals surface area (Å²) in [6.07, 6.45) is 3.82. The van der Waals surface area contributed by atoms with Crippen LogP contribution in [0, 0.1) is 5.92 Å². The highest BCUT2D eigenvalue weighted by atomic mass is 32.1. The van der Waals surface area contributed by atoms with Gasteiger partial charge in [0, 0.05) is 51.1 Å². The molecule has 0 N–H and O–H groups in total. The number of aromatic nitrogens is 1. The van der Waals surface area contributed by atoms with E-state index in [1.54, 1.807) is 17.5 Å². The van der Waals surface area contributed by atoms with Crippen LogP contribution in [0.1, 0.15) is 37.3 Å². The lowest BCUT2D eigenvalue weighted by Crippen LogP contribution is -2.48. The molecule has 31 heavy (non-hydrogen) atoms. The number of carbonyl (C=O) groups excluding carboxylic acids is 1. The number of rotatable bonds is 8. The van der Waals surface area contributed by atoms with E-state index < -0.39 is 0 Å². The smallest absolute Gasteiger partial charge is 0.223 e. The van der Waals surface area contributed by atoms with Crippen LogP contribution in [0.4, 0.5) is 0 Å². The predicted octanol–water partition coefficient (Wildman–Crippen LogP) is 4.88. The topological polar surface area (TPSA) is 49.6 Å². The van der Waals surface area contributed by atoms with Gasteiger partial charge in [0.1, 0.15) is 0 Å². The molecule has 1 saturated heterocycles. The van der Waals surface area contributed by atoms with E-state index in [0.717, 1.165) is 50.5 Å². The molecule has 164 valence electrons. The molecule has 3 aromatic rings. The van der Waals surface area contributed by atoms with Crippen molar-refractivity contribution < 1.29 is 9.21 Å². The normalized spacial score (nSPS) is 15.0. The van der Waals surface area contributed by atoms with Gasteiger partial charge in [0.2, 0.25) is 5.91 Å². The Hall–Kier alpha value is -2.44. The lowest BCUT2D eigenvalue weighted by atomic mass is 10.0. The van der Waals surface area contributed by atoms with Crippen LogP contribution >= 0.6 is 11.3 Å². The van der Waals surface area contributed by atoms with E-state index in [1.807, 2.05) is 4.90 Å². The van der Waals surface area contributed by atoms with Crippen LogP contribution in [0.5, 0.6) is 0 Å². The fraction of sp³-hybridized carbons (Fsp3) is 0.440. The van der Waals surface area contributed by atoms with Gasteiger partial charge in [0.05, 0.1) is 6.20 Å². The van der Waals surface area contributed by atoms with Crippen molar-refractivity contribution in [2.45, 2.75) is 39.7 Å². The lowest BCUT2D eigenvalue weighted by Gasteiger charge is -2.34. The van der Waals surface area contributed by atoms with Gasteiger partial charge in [-0.25, -0.2) is 4.98 Å². The molecule has 1 aliphatic heterocycles. The molecule has 1 aromatic carbocycles. The van der Waals surface area contributed by atoms with Gasteiger partial charge in [-0.3, -0.25) is 9.69 Å². The maximum atomic E-state index is 12.6. The first-order valence-electron chi connectivity index (χ1n) is 11.1. The van der Waals surface area contributed by atoms with E-state index >= 15 is 0 Å². The fourth-order valence-electron chi connectivity index (χ4n) is 4.00. The Morgan fingerprint density at radius 2 is 1.87 bits per heavy atom. The molecule has 0 aliphatic carbocycles. The Labute approximate surface area is 188 Å². The summed E-state index contributed by atoms with van der Waals surface area (Å²) in [5.41, 5.74) is 3.72. The Kier molecular flexibility index (Phi) is 7.20. The van der Waals surface area contributed by atoms with Gasteiger partial charge in [0.25, 0.3) is 0 Å². The molecule has 4 rings (SSSR count). The summed E-state index contributed by atoms with van der Waals surface area (Å²) >= 11 is 1.73. The highest BCUT2D eigenvalue weighted by Crippen LogP contribution is 2.22. The number of piperazine rings is 1. The molecule has 0 radical (unpaired) electrons. The van der Waals surface area contributed by atoms with Gasteiger partial charge < -0.3 is 9.32 Å². The molecule has 0 spiro atoms. The first kappa shape index (κ1) is 21.8. The van der Waals surface area contributed by atoms with E-state index in [9.17, 15) is 4.79 Å². The largest absolute Gasteiger partial charge is 0.441 e. The van der Waals surface area contributed by atoms with Gasteiger partial charge in [-0.15, -0.1) is 0 Å². The third kappa shape index (κ3) is 6.05. The molecule has 0 saturated carbocycles. The summed E-state index contributed by atoms with van der Waals surface area (Å²) in [6.45, 7) is 8.87. The van der Waals surface area contributed by atoms with Crippen molar-refractivity contribution >= 4 is 17.2 Å². The minimum absolute atomic E-state index is 0.188. The minimum atomic E-state index is 0.188. The SMILES string of the molecule is CC(C)Cc1ccc(-c2cnc(CCC(=O)N3CCN(Cc4ccsc4)CC3)o2)cc1. The minimum Gasteiger partial charge on any atom is -0.441 e. The van der Waals surface area contributed by atoms with Crippen LogP contribution in [-0.2, 0) is 24.2 Å². The van der Waals surface area contributed by atoms with Crippen molar-refractivity contribution in [2.75, 3.05) is 26.2 Å². The molecule has 5 nitrogen and oxygen atoms in total. The van der Waals surface area contributed by atoms with Crippen molar-refractivity contribution in [1.29, 1.82) is 0 Å². The number of benzene rings is 1. The number of hydrogen-bond acceptors (Lipinski definition) is 5. The molecule has 0 unspecified atom stereocenters. The maximum Gasteiger partial charge on any atom is 0.223 e. The second-order valence-corrected chi connectivity index (χ2v) is 9.48. The summed E-state index contributed by atoms with van der Waals surface area (Å²) in [5.74, 6) is 2.23. The maximum absolute atomic E-state index is 12.6. The zero-order valence-electron chi connectivity index (χ0n) is 18.4. The highest BCUT2D eigenvalue weighted by molar-refractivity contribution is 7.07. The van der Waals surface area contributed by atoms with Crippen molar-refractivity contribution in [3.05, 3.63) is 64.3 Å². The van der Waals surface area contributed by atoms with E-state index in [1.165, 1.54) is 11.1 Å². The number of thiophene rings is 1. The first-order chi connectivity index (χ1) is 15.1. The van der Waals surface area contributed by atoms with E-state index in [-0.39, 0.29) is 5.91 Å². The molecule has 6 heteroatoms. The lowest BCUT2D eigenvalue weighted by molar-refractivity contribution is -0.133. The Morgan fingerprint density at radius 3 is 2.55 bits per heavy atom. The molecular weight excluding hydrogens is 406 g/mol. The monoisotopic (exact) mass is 437 g/mol. The van der Waals surface area contributed by atoms with Crippen LogP contribution in [0.2, 0.25) is 0 Å². The van der Waals surface area contributed by atoms with Crippen molar-refractivity contribution in [2.24, 2.45) is 5.92 Å². The number of oxazole rings is 1. The zero-order chi connectivity index (χ0) is 21.6. The first-order valence-corrected chi connectivity index (χ1v) is 12.1. The fourth-order valence-corrected chi connectivity index (χ4v) is 4.66. The quantitative estimate of drug-likeness (QED) is 0.504. The molecule has 0 atom stereocenters. The zero-order valence-corrected chi connectivity index (χ0v) is 19.2. The van der Waals surface area contributed by atoms with Gasteiger partial charge >= 0.3 is 0 Å². The summed E-state index contributed by atoms with van der Waals surface area (Å²) < 4.78 is 5.92. The van der Waals surface area contributed by atoms with Crippen molar-refractivity contribution in [1.82, 2.24) is 14.8 Å². The van der Waals surface area contributed by atoms with E-state index in [4.69, 9.17) is 4.42 Å². The second-order valence-electron chi connectivity index (χ2n) is 8.70. The predicted molar refractivity (Wildman–Crippen MR) is 125 cm³/mol. The summed E-state index contributed by atoms with van der Waals surface area (Å²) in [4.78, 5) is 21.4. The third-order valence-corrected chi connectivity index (χ3v) is 6.43. The number of amides is 1. The number of carbonyl (C=O) groups is 1. The standard InChI is InChI=1S/C25H31N3O2S/c1-19(2)15-20-3-5-22(6-4-20)23-16-26-24(30-23)7-8-25(29)28-12-10-27(11-13-28)17-21-9-14-31-18-21/h3-6,9,14,16,18-19H,7-8,10-13,15,17H2,1-2H3. The van der Waals surface area contributed by atoms with Crippen LogP contribution in [-0.4, -0.2) is 46.9 Å². The second kappa shape index (κ2) is 10.2.